The second-order valence-electron chi connectivity index (χ2n) is 17.8. The van der Waals surface area contributed by atoms with Gasteiger partial charge in [-0.2, -0.15) is 0 Å². The Balaban J connectivity index is 0.000000152. The van der Waals surface area contributed by atoms with Crippen molar-refractivity contribution < 1.29 is 0 Å². The summed E-state index contributed by atoms with van der Waals surface area (Å²) in [6, 6.07) is 28.3. The Labute approximate surface area is 351 Å². The number of hydrogen-bond donors (Lipinski definition) is 1. The molecule has 4 aliphatic heterocycles. The number of rotatable bonds is 6. The summed E-state index contributed by atoms with van der Waals surface area (Å²) < 4.78 is 5.17. The van der Waals surface area contributed by atoms with Crippen LogP contribution in [-0.4, -0.2) is 91.1 Å². The number of pyridine rings is 2. The van der Waals surface area contributed by atoms with Gasteiger partial charge in [-0.15, -0.1) is 0 Å². The van der Waals surface area contributed by atoms with Gasteiger partial charge >= 0.3 is 0 Å². The Bertz CT molecular complexity index is 2330. The fourth-order valence-corrected chi connectivity index (χ4v) is 10.9. The van der Waals surface area contributed by atoms with E-state index in [1.807, 2.05) is 24.5 Å². The molecule has 2 aromatic carbocycles. The molecule has 4 atom stereocenters. The van der Waals surface area contributed by atoms with Crippen molar-refractivity contribution in [3.8, 4) is 0 Å². The highest BCUT2D eigenvalue weighted by molar-refractivity contribution is 5.77. The smallest absolute Gasteiger partial charge is 0.127 e. The molecule has 1 N–H and O–H groups in total. The van der Waals surface area contributed by atoms with Crippen LogP contribution >= 0.6 is 0 Å². The average molecular weight is 793 g/mol. The number of aryl methyl sites for hydroxylation is 2. The second-order valence-corrected chi connectivity index (χ2v) is 17.8. The predicted octanol–water partition coefficient (Wildman–Crippen LogP) is 9.47. The predicted molar refractivity (Wildman–Crippen MR) is 239 cm³/mol. The third-order valence-electron chi connectivity index (χ3n) is 14.2. The Morgan fingerprint density at radius 2 is 0.949 bits per heavy atom. The monoisotopic (exact) mass is 793 g/mol. The molecular weight excluding hydrogens is 729 g/mol. The van der Waals surface area contributed by atoms with Gasteiger partial charge in [0.15, 0.2) is 0 Å². The molecule has 0 radical (unpaired) electrons. The molecule has 10 nitrogen and oxygen atoms in total. The number of para-hydroxylation sites is 4. The first-order valence-corrected chi connectivity index (χ1v) is 22.5. The molecule has 4 aromatic heterocycles. The van der Waals surface area contributed by atoms with Gasteiger partial charge in [0.25, 0.3) is 0 Å². The summed E-state index contributed by atoms with van der Waals surface area (Å²) in [5.41, 5.74) is 9.89. The van der Waals surface area contributed by atoms with Crippen molar-refractivity contribution in [2.24, 2.45) is 0 Å². The molecule has 0 aliphatic carbocycles. The van der Waals surface area contributed by atoms with Crippen LogP contribution in [0.15, 0.2) is 85.2 Å². The van der Waals surface area contributed by atoms with Crippen LogP contribution in [0.5, 0.6) is 0 Å². The van der Waals surface area contributed by atoms with Crippen molar-refractivity contribution in [3.05, 3.63) is 119 Å². The van der Waals surface area contributed by atoms with Gasteiger partial charge in [-0.05, 0) is 173 Å². The van der Waals surface area contributed by atoms with E-state index in [0.29, 0.717) is 36.3 Å². The Morgan fingerprint density at radius 1 is 0.508 bits per heavy atom. The molecule has 4 saturated heterocycles. The molecule has 8 heterocycles. The minimum absolute atomic E-state index is 0.331. The van der Waals surface area contributed by atoms with Crippen molar-refractivity contribution in [2.75, 3.05) is 47.3 Å². The summed E-state index contributed by atoms with van der Waals surface area (Å²) in [5, 5.41) is 3.51. The molecule has 0 bridgehead atoms. The number of likely N-dealkylation sites (tertiary alicyclic amines) is 3. The van der Waals surface area contributed by atoms with Crippen LogP contribution < -0.4 is 5.32 Å². The number of aromatic nitrogens is 6. The van der Waals surface area contributed by atoms with E-state index < -0.39 is 0 Å². The van der Waals surface area contributed by atoms with E-state index in [1.165, 1.54) is 96.6 Å². The normalized spacial score (nSPS) is 24.4. The van der Waals surface area contributed by atoms with Crippen LogP contribution in [-0.2, 0) is 0 Å². The lowest BCUT2D eigenvalue weighted by molar-refractivity contribution is 0.100. The van der Waals surface area contributed by atoms with Crippen LogP contribution in [0.3, 0.4) is 0 Å². The molecule has 4 aliphatic rings. The SMILES string of the molecule is Cc1cccnc1[C@@H]1CCC[C@H](c2nc3ccccc3n2C2CCN(C)CC2)N1C.Cc1cccnc1[C@@H]1CCC[C@H](c2nc3ccccc3n2C2CCNCC2)N1C. The number of hydrogen-bond acceptors (Lipinski definition) is 8. The van der Waals surface area contributed by atoms with Gasteiger partial charge in [0.05, 0.1) is 57.6 Å². The molecule has 310 valence electrons. The molecule has 59 heavy (non-hydrogen) atoms. The standard InChI is InChI=1S/C25H33N5.C24H31N5/c1-18-8-7-15-26-24(18)22-11-6-12-23(29(22)3)25-27-20-9-4-5-10-21(20)30(25)19-13-16-28(2)17-14-19;1-17-7-6-14-26-23(17)21-10-5-11-22(28(21)2)24-27-19-8-3-4-9-20(19)29(24)18-12-15-25-16-13-18/h4-5,7-10,15,19,22-23H,6,11-14,16-17H2,1-3H3;3-4,6-9,14,18,21-22,25H,5,10-13,15-16H2,1-2H3/t22-,23+;21-,22+/m00/s1. The van der Waals surface area contributed by atoms with E-state index in [9.17, 15) is 0 Å². The van der Waals surface area contributed by atoms with E-state index in [1.54, 1.807) is 0 Å². The molecule has 6 aromatic rings. The highest BCUT2D eigenvalue weighted by atomic mass is 15.3. The first kappa shape index (κ1) is 40.0. The first-order valence-electron chi connectivity index (χ1n) is 22.5. The number of benzene rings is 2. The second kappa shape index (κ2) is 17.6. The molecule has 10 heteroatoms. The zero-order chi connectivity index (χ0) is 40.5. The summed E-state index contributed by atoms with van der Waals surface area (Å²) in [4.78, 5) is 27.5. The summed E-state index contributed by atoms with van der Waals surface area (Å²) in [7, 11) is 6.79. The highest BCUT2D eigenvalue weighted by Crippen LogP contribution is 2.44. The van der Waals surface area contributed by atoms with E-state index in [2.05, 4.69) is 125 Å². The zero-order valence-electron chi connectivity index (χ0n) is 36.0. The lowest BCUT2D eigenvalue weighted by Crippen LogP contribution is -2.37. The lowest BCUT2D eigenvalue weighted by Gasteiger charge is -2.40. The van der Waals surface area contributed by atoms with Crippen LogP contribution in [0.2, 0.25) is 0 Å². The summed E-state index contributed by atoms with van der Waals surface area (Å²) in [5.74, 6) is 2.51. The van der Waals surface area contributed by atoms with Gasteiger partial charge in [0.2, 0.25) is 0 Å². The summed E-state index contributed by atoms with van der Waals surface area (Å²) in [6.07, 6.45) is 15.7. The topological polar surface area (TPSA) is 83.2 Å². The fraction of sp³-hybridized carbons (Fsp3) is 0.510. The van der Waals surface area contributed by atoms with Crippen LogP contribution in [0.4, 0.5) is 0 Å². The minimum atomic E-state index is 0.331. The van der Waals surface area contributed by atoms with Crippen molar-refractivity contribution in [1.82, 2.24) is 49.1 Å². The third kappa shape index (κ3) is 7.97. The van der Waals surface area contributed by atoms with Crippen molar-refractivity contribution in [3.63, 3.8) is 0 Å². The molecule has 10 rings (SSSR count). The molecule has 0 saturated carbocycles. The Kier molecular flexibility index (Phi) is 11.9. The van der Waals surface area contributed by atoms with E-state index in [-0.39, 0.29) is 0 Å². The van der Waals surface area contributed by atoms with Gasteiger partial charge in [-0.1, -0.05) is 36.4 Å². The number of piperidine rings is 4. The Morgan fingerprint density at radius 3 is 1.42 bits per heavy atom. The van der Waals surface area contributed by atoms with Gasteiger partial charge in [-0.3, -0.25) is 19.8 Å². The van der Waals surface area contributed by atoms with Crippen LogP contribution in [0.25, 0.3) is 22.1 Å². The van der Waals surface area contributed by atoms with Crippen molar-refractivity contribution in [1.29, 1.82) is 0 Å². The van der Waals surface area contributed by atoms with Gasteiger partial charge in [0, 0.05) is 24.5 Å². The van der Waals surface area contributed by atoms with Crippen LogP contribution in [0.1, 0.15) is 135 Å². The van der Waals surface area contributed by atoms with Gasteiger partial charge in [-0.25, -0.2) is 9.97 Å². The van der Waals surface area contributed by atoms with E-state index in [0.717, 1.165) is 50.1 Å². The summed E-state index contributed by atoms with van der Waals surface area (Å²) in [6.45, 7) is 8.87. The lowest BCUT2D eigenvalue weighted by atomic mass is 9.91. The van der Waals surface area contributed by atoms with Crippen LogP contribution in [0, 0.1) is 13.8 Å². The van der Waals surface area contributed by atoms with Gasteiger partial charge in [0.1, 0.15) is 11.6 Å². The highest BCUT2D eigenvalue weighted by Gasteiger charge is 2.37. The number of fused-ring (bicyclic) bond motifs is 2. The van der Waals surface area contributed by atoms with Crippen molar-refractivity contribution >= 4 is 22.1 Å². The maximum atomic E-state index is 5.22. The molecule has 0 amide bonds. The third-order valence-corrected chi connectivity index (χ3v) is 14.2. The fourth-order valence-electron chi connectivity index (χ4n) is 10.9. The number of imidazole rings is 2. The maximum absolute atomic E-state index is 5.22. The molecule has 4 fully saturated rings. The quantitative estimate of drug-likeness (QED) is 0.179. The first-order chi connectivity index (χ1) is 28.9. The van der Waals surface area contributed by atoms with Gasteiger partial charge < -0.3 is 19.4 Å². The number of nitrogens with one attached hydrogen (secondary N) is 1. The molecular formula is C49H64N10. The van der Waals surface area contributed by atoms with E-state index in [4.69, 9.17) is 19.9 Å². The van der Waals surface area contributed by atoms with E-state index >= 15 is 0 Å². The van der Waals surface area contributed by atoms with Crippen molar-refractivity contribution in [2.45, 2.75) is 114 Å². The minimum Gasteiger partial charge on any atom is -0.323 e. The number of nitrogens with zero attached hydrogens (tertiary/aromatic N) is 9. The molecule has 0 spiro atoms. The Hall–Kier alpha value is -4.48. The zero-order valence-corrected chi connectivity index (χ0v) is 36.0. The maximum Gasteiger partial charge on any atom is 0.127 e. The summed E-state index contributed by atoms with van der Waals surface area (Å²) >= 11 is 0. The largest absolute Gasteiger partial charge is 0.323 e. The molecule has 0 unspecified atom stereocenters. The average Bonchev–Trinajstić information content (AvgIpc) is 3.85.